The maximum Gasteiger partial charge on any atom is 0.305 e. The van der Waals surface area contributed by atoms with Gasteiger partial charge >= 0.3 is 5.97 Å². The van der Waals surface area contributed by atoms with Crippen LogP contribution < -0.4 is 0 Å². The number of carbonyl (C=O) groups excluding carboxylic acids is 1. The summed E-state index contributed by atoms with van der Waals surface area (Å²) in [6.07, 6.45) is 0.430. The van der Waals surface area contributed by atoms with Crippen LogP contribution in [0.15, 0.2) is 18.2 Å². The third kappa shape index (κ3) is 4.12. The Morgan fingerprint density at radius 3 is 2.73 bits per heavy atom. The van der Waals surface area contributed by atoms with Gasteiger partial charge in [0.25, 0.3) is 0 Å². The summed E-state index contributed by atoms with van der Waals surface area (Å²) in [5.74, 6) is -1.08. The van der Waals surface area contributed by atoms with Crippen LogP contribution >= 0.6 is 23.2 Å². The largest absolute Gasteiger partial charge is 0.481 e. The molecule has 1 amide bonds. The summed E-state index contributed by atoms with van der Waals surface area (Å²) in [4.78, 5) is 25.0. The van der Waals surface area contributed by atoms with Crippen LogP contribution in [-0.4, -0.2) is 47.7 Å². The smallest absolute Gasteiger partial charge is 0.305 e. The number of carboxylic acids is 1. The van der Waals surface area contributed by atoms with E-state index in [0.717, 1.165) is 0 Å². The quantitative estimate of drug-likeness (QED) is 0.890. The topological polar surface area (TPSA) is 66.8 Å². The van der Waals surface area contributed by atoms with Crippen molar-refractivity contribution in [2.45, 2.75) is 31.4 Å². The maximum absolute atomic E-state index is 12.5. The van der Waals surface area contributed by atoms with Gasteiger partial charge in [-0.1, -0.05) is 29.3 Å². The molecule has 1 aromatic rings. The molecular weight excluding hydrogens is 329 g/mol. The molecule has 1 N–H and O–H groups in total. The van der Waals surface area contributed by atoms with Crippen LogP contribution in [0.25, 0.3) is 0 Å². The van der Waals surface area contributed by atoms with Gasteiger partial charge in [-0.25, -0.2) is 0 Å². The van der Waals surface area contributed by atoms with Gasteiger partial charge in [-0.3, -0.25) is 9.59 Å². The van der Waals surface area contributed by atoms with Crippen LogP contribution in [0.5, 0.6) is 0 Å². The molecule has 5 nitrogen and oxygen atoms in total. The van der Waals surface area contributed by atoms with Crippen molar-refractivity contribution in [1.82, 2.24) is 4.90 Å². The van der Waals surface area contributed by atoms with Crippen LogP contribution in [0.4, 0.5) is 0 Å². The van der Waals surface area contributed by atoms with Crippen molar-refractivity contribution in [3.63, 3.8) is 0 Å². The van der Waals surface area contributed by atoms with Gasteiger partial charge < -0.3 is 14.7 Å². The number of methoxy groups -OCH3 is 1. The number of ether oxygens (including phenoxy) is 1. The second kappa shape index (κ2) is 7.31. The van der Waals surface area contributed by atoms with E-state index in [0.29, 0.717) is 28.6 Å². The fraction of sp³-hybridized carbons (Fsp3) is 0.467. The summed E-state index contributed by atoms with van der Waals surface area (Å²) in [5.41, 5.74) is 0.672. The number of halogens is 2. The molecule has 0 bridgehead atoms. The first-order chi connectivity index (χ1) is 10.4. The SMILES string of the molecule is COC1CC(CC(=O)O)N(C(=O)Cc2ccc(Cl)cc2Cl)C1. The predicted octanol–water partition coefficient (Wildman–Crippen LogP) is 2.63. The van der Waals surface area contributed by atoms with Crippen molar-refractivity contribution in [1.29, 1.82) is 0 Å². The van der Waals surface area contributed by atoms with Crippen LogP contribution in [0, 0.1) is 0 Å². The van der Waals surface area contributed by atoms with Crippen LogP contribution in [0.2, 0.25) is 10.0 Å². The minimum atomic E-state index is -0.927. The zero-order chi connectivity index (χ0) is 16.3. The lowest BCUT2D eigenvalue weighted by atomic mass is 10.1. The minimum absolute atomic E-state index is 0.0834. The summed E-state index contributed by atoms with van der Waals surface area (Å²) >= 11 is 11.9. The Labute approximate surface area is 138 Å². The lowest BCUT2D eigenvalue weighted by Gasteiger charge is -2.23. The average molecular weight is 346 g/mol. The second-order valence-corrected chi connectivity index (χ2v) is 6.15. The first kappa shape index (κ1) is 17.1. The molecule has 1 saturated heterocycles. The van der Waals surface area contributed by atoms with Crippen molar-refractivity contribution < 1.29 is 19.4 Å². The van der Waals surface area contributed by atoms with Crippen LogP contribution in [-0.2, 0) is 20.7 Å². The summed E-state index contributed by atoms with van der Waals surface area (Å²) in [7, 11) is 1.56. The maximum atomic E-state index is 12.5. The molecule has 0 spiro atoms. The Kier molecular flexibility index (Phi) is 5.67. The van der Waals surface area contributed by atoms with Crippen molar-refractivity contribution >= 4 is 35.1 Å². The molecule has 2 unspecified atom stereocenters. The Morgan fingerprint density at radius 1 is 1.41 bits per heavy atom. The molecule has 22 heavy (non-hydrogen) atoms. The van der Waals surface area contributed by atoms with Crippen molar-refractivity contribution in [3.05, 3.63) is 33.8 Å². The highest BCUT2D eigenvalue weighted by molar-refractivity contribution is 6.35. The molecule has 1 fully saturated rings. The first-order valence-electron chi connectivity index (χ1n) is 6.88. The predicted molar refractivity (Wildman–Crippen MR) is 83.3 cm³/mol. The Hall–Kier alpha value is -1.30. The molecule has 0 radical (unpaired) electrons. The summed E-state index contributed by atoms with van der Waals surface area (Å²) in [6.45, 7) is 0.401. The van der Waals surface area contributed by atoms with Gasteiger partial charge in [-0.15, -0.1) is 0 Å². The highest BCUT2D eigenvalue weighted by Gasteiger charge is 2.36. The molecule has 0 saturated carbocycles. The standard InChI is InChI=1S/C15H17Cl2NO4/c1-22-12-6-11(7-15(20)21)18(8-12)14(19)4-9-2-3-10(16)5-13(9)17/h2-3,5,11-12H,4,6-8H2,1H3,(H,20,21). The molecule has 1 heterocycles. The van der Waals surface area contributed by atoms with E-state index in [-0.39, 0.29) is 30.9 Å². The molecule has 2 rings (SSSR count). The Balaban J connectivity index is 2.10. The summed E-state index contributed by atoms with van der Waals surface area (Å²) < 4.78 is 5.26. The molecule has 1 aromatic carbocycles. The molecule has 1 aliphatic rings. The van der Waals surface area contributed by atoms with Gasteiger partial charge in [-0.05, 0) is 24.1 Å². The van der Waals surface area contributed by atoms with Crippen molar-refractivity contribution in [2.75, 3.05) is 13.7 Å². The lowest BCUT2D eigenvalue weighted by Crippen LogP contribution is -2.38. The monoisotopic (exact) mass is 345 g/mol. The number of likely N-dealkylation sites (tertiary alicyclic amines) is 1. The second-order valence-electron chi connectivity index (χ2n) is 5.30. The van der Waals surface area contributed by atoms with E-state index in [2.05, 4.69) is 0 Å². The number of benzene rings is 1. The molecular formula is C15H17Cl2NO4. The Morgan fingerprint density at radius 2 is 2.14 bits per heavy atom. The zero-order valence-electron chi connectivity index (χ0n) is 12.1. The first-order valence-corrected chi connectivity index (χ1v) is 7.64. The fourth-order valence-corrected chi connectivity index (χ4v) is 3.15. The van der Waals surface area contributed by atoms with Gasteiger partial charge in [0.1, 0.15) is 0 Å². The van der Waals surface area contributed by atoms with E-state index >= 15 is 0 Å². The molecule has 7 heteroatoms. The minimum Gasteiger partial charge on any atom is -0.481 e. The van der Waals surface area contributed by atoms with E-state index in [4.69, 9.17) is 33.0 Å². The van der Waals surface area contributed by atoms with Crippen LogP contribution in [0.3, 0.4) is 0 Å². The van der Waals surface area contributed by atoms with Crippen LogP contribution in [0.1, 0.15) is 18.4 Å². The van der Waals surface area contributed by atoms with Gasteiger partial charge in [0.2, 0.25) is 5.91 Å². The number of aliphatic carboxylic acids is 1. The van der Waals surface area contributed by atoms with Gasteiger partial charge in [0, 0.05) is 29.7 Å². The normalized spacial score (nSPS) is 21.1. The van der Waals surface area contributed by atoms with Gasteiger partial charge in [0.05, 0.1) is 18.9 Å². The summed E-state index contributed by atoms with van der Waals surface area (Å²) in [6, 6.07) is 4.62. The van der Waals surface area contributed by atoms with Crippen molar-refractivity contribution in [3.8, 4) is 0 Å². The van der Waals surface area contributed by atoms with E-state index in [1.54, 1.807) is 30.2 Å². The molecule has 0 aromatic heterocycles. The number of carboxylic acid groups (broad SMARTS) is 1. The number of amides is 1. The number of carbonyl (C=O) groups is 2. The van der Waals surface area contributed by atoms with E-state index < -0.39 is 5.97 Å². The molecule has 2 atom stereocenters. The van der Waals surface area contributed by atoms with E-state index in [1.165, 1.54) is 0 Å². The number of rotatable bonds is 5. The third-order valence-corrected chi connectivity index (χ3v) is 4.38. The van der Waals surface area contributed by atoms with Crippen molar-refractivity contribution in [2.24, 2.45) is 0 Å². The number of hydrogen-bond acceptors (Lipinski definition) is 3. The average Bonchev–Trinajstić information content (AvgIpc) is 2.84. The van der Waals surface area contributed by atoms with Gasteiger partial charge in [-0.2, -0.15) is 0 Å². The zero-order valence-corrected chi connectivity index (χ0v) is 13.6. The number of hydrogen-bond donors (Lipinski definition) is 1. The Bertz CT molecular complexity index is 579. The lowest BCUT2D eigenvalue weighted by molar-refractivity contribution is -0.139. The number of nitrogens with zero attached hydrogens (tertiary/aromatic N) is 1. The van der Waals surface area contributed by atoms with Gasteiger partial charge in [0.15, 0.2) is 0 Å². The summed E-state index contributed by atoms with van der Waals surface area (Å²) in [5, 5.41) is 9.92. The third-order valence-electron chi connectivity index (χ3n) is 3.80. The van der Waals surface area contributed by atoms with E-state index in [1.807, 2.05) is 0 Å². The highest BCUT2D eigenvalue weighted by atomic mass is 35.5. The fourth-order valence-electron chi connectivity index (χ4n) is 2.67. The highest BCUT2D eigenvalue weighted by Crippen LogP contribution is 2.26. The van der Waals surface area contributed by atoms with E-state index in [9.17, 15) is 9.59 Å². The molecule has 0 aliphatic carbocycles. The molecule has 120 valence electrons. The molecule has 1 aliphatic heterocycles.